The summed E-state index contributed by atoms with van der Waals surface area (Å²) >= 11 is 8.52. The smallest absolute Gasteiger partial charge is 0.350 e. The normalized spacial score (nSPS) is 18.5. The third-order valence-corrected chi connectivity index (χ3v) is 9.84. The van der Waals surface area contributed by atoms with Crippen molar-refractivity contribution >= 4 is 80.6 Å². The largest absolute Gasteiger partial charge is 0.478 e. The summed E-state index contributed by atoms with van der Waals surface area (Å²) < 4.78 is 4.27. The fraction of sp³-hybridized carbons (Fsp3) is 0.393. The number of nitrogens with zero attached hydrogens (tertiary/aromatic N) is 5. The number of pyridine rings is 1. The first-order valence-corrected chi connectivity index (χ1v) is 16.2. The number of aldehydes is 1. The minimum Gasteiger partial charge on any atom is -0.478 e. The number of carbonyl (C=O) groups is 4. The number of thioether (sulfide) groups is 1. The number of carboxylic acids is 1. The molecule has 2 unspecified atom stereocenters. The second-order valence-electron chi connectivity index (χ2n) is 10.9. The number of carbonyl (C=O) groups excluding carboxylic acids is 3. The van der Waals surface area contributed by atoms with Gasteiger partial charge in [0.15, 0.2) is 29.9 Å². The van der Waals surface area contributed by atoms with Gasteiger partial charge in [0.1, 0.15) is 27.0 Å². The van der Waals surface area contributed by atoms with E-state index >= 15 is 0 Å². The predicted octanol–water partition coefficient (Wildman–Crippen LogP) is 1.37. The number of thiazole rings is 1. The number of aliphatic carboxylic acids is 1. The van der Waals surface area contributed by atoms with Gasteiger partial charge in [-0.1, -0.05) is 28.1 Å². The molecule has 17 heteroatoms. The number of amides is 2. The van der Waals surface area contributed by atoms with Crippen LogP contribution in [-0.2, 0) is 37.1 Å². The summed E-state index contributed by atoms with van der Waals surface area (Å²) in [6, 6.07) is 5.06. The quantitative estimate of drug-likeness (QED) is 0.0515. The molecule has 14 nitrogen and oxygen atoms in total. The highest BCUT2D eigenvalue weighted by atomic mass is 35.5. The van der Waals surface area contributed by atoms with Gasteiger partial charge in [-0.25, -0.2) is 9.78 Å². The van der Waals surface area contributed by atoms with E-state index < -0.39 is 40.5 Å². The first kappa shape index (κ1) is 32.4. The van der Waals surface area contributed by atoms with Gasteiger partial charge in [-0.3, -0.25) is 19.3 Å². The molecule has 2 atom stereocenters. The van der Waals surface area contributed by atoms with E-state index in [-0.39, 0.29) is 20.9 Å². The van der Waals surface area contributed by atoms with E-state index in [1.165, 1.54) is 30.5 Å². The average molecular weight is 676 g/mol. The molecule has 238 valence electrons. The fourth-order valence-corrected chi connectivity index (χ4v) is 7.25. The number of aryl methyl sites for hydroxylation is 1. The van der Waals surface area contributed by atoms with Crippen LogP contribution in [0.3, 0.4) is 0 Å². The zero-order chi connectivity index (χ0) is 32.5. The molecule has 0 spiro atoms. The SMILES string of the molecule is CNCCCn1ccc2c1ccc[n+]2CC1=C(C=O)N2C(=O)C(NC(=O)/C(=N\OC(C)(C)C(=O)O)c3nc(N)sc3Cl)C2SC1. The van der Waals surface area contributed by atoms with Gasteiger partial charge in [0.2, 0.25) is 11.1 Å². The number of anilines is 1. The molecule has 1 fully saturated rings. The molecular formula is C28H32ClN8O6S2+. The lowest BCUT2D eigenvalue weighted by Crippen LogP contribution is -2.70. The van der Waals surface area contributed by atoms with Crippen LogP contribution in [0.25, 0.3) is 11.0 Å². The van der Waals surface area contributed by atoms with Crippen LogP contribution in [0.4, 0.5) is 5.13 Å². The van der Waals surface area contributed by atoms with Crippen LogP contribution < -0.4 is 20.9 Å². The molecule has 5 N–H and O–H groups in total. The van der Waals surface area contributed by atoms with Crippen molar-refractivity contribution in [3.8, 4) is 0 Å². The molecule has 3 aromatic rings. The van der Waals surface area contributed by atoms with Gasteiger partial charge in [0.05, 0.1) is 5.70 Å². The third-order valence-electron chi connectivity index (χ3n) is 7.41. The molecular weight excluding hydrogens is 644 g/mol. The number of oxime groups is 1. The van der Waals surface area contributed by atoms with E-state index in [0.717, 1.165) is 47.5 Å². The molecule has 2 amide bonds. The first-order chi connectivity index (χ1) is 21.5. The summed E-state index contributed by atoms with van der Waals surface area (Å²) in [5.41, 5.74) is 6.53. The lowest BCUT2D eigenvalue weighted by Gasteiger charge is -2.49. The van der Waals surface area contributed by atoms with Crippen molar-refractivity contribution in [2.75, 3.05) is 25.1 Å². The molecule has 0 radical (unpaired) electrons. The average Bonchev–Trinajstić information content (AvgIpc) is 3.57. The number of allylic oxidation sites excluding steroid dienone is 1. The fourth-order valence-electron chi connectivity index (χ4n) is 4.96. The van der Waals surface area contributed by atoms with Crippen molar-refractivity contribution in [3.05, 3.63) is 51.9 Å². The predicted molar refractivity (Wildman–Crippen MR) is 170 cm³/mol. The van der Waals surface area contributed by atoms with Gasteiger partial charge in [-0.15, -0.1) is 11.8 Å². The minimum atomic E-state index is -1.78. The molecule has 0 bridgehead atoms. The van der Waals surface area contributed by atoms with E-state index in [9.17, 15) is 24.3 Å². The molecule has 5 heterocycles. The molecule has 45 heavy (non-hydrogen) atoms. The molecule has 0 aromatic carbocycles. The van der Waals surface area contributed by atoms with Crippen LogP contribution in [0.2, 0.25) is 4.34 Å². The van der Waals surface area contributed by atoms with Crippen LogP contribution in [0.15, 0.2) is 47.0 Å². The number of hydrogen-bond donors (Lipinski definition) is 4. The maximum atomic E-state index is 13.4. The van der Waals surface area contributed by atoms with Crippen molar-refractivity contribution < 1.29 is 33.7 Å². The van der Waals surface area contributed by atoms with Gasteiger partial charge in [-0.2, -0.15) is 4.57 Å². The lowest BCUT2D eigenvalue weighted by atomic mass is 10.0. The maximum absolute atomic E-state index is 13.4. The summed E-state index contributed by atoms with van der Waals surface area (Å²) in [6.45, 7) is 4.68. The third kappa shape index (κ3) is 6.40. The lowest BCUT2D eigenvalue weighted by molar-refractivity contribution is -0.663. The Kier molecular flexibility index (Phi) is 9.48. The first-order valence-electron chi connectivity index (χ1n) is 13.9. The zero-order valence-corrected chi connectivity index (χ0v) is 27.0. The topological polar surface area (TPSA) is 185 Å². The van der Waals surface area contributed by atoms with Crippen molar-refractivity contribution in [1.82, 2.24) is 25.1 Å². The van der Waals surface area contributed by atoms with Gasteiger partial charge in [-0.05, 0) is 39.9 Å². The second-order valence-corrected chi connectivity index (χ2v) is 13.6. The summed E-state index contributed by atoms with van der Waals surface area (Å²) in [6.07, 6.45) is 5.64. The summed E-state index contributed by atoms with van der Waals surface area (Å²) in [7, 11) is 1.92. The Bertz CT molecular complexity index is 1730. The highest BCUT2D eigenvalue weighted by Crippen LogP contribution is 2.40. The summed E-state index contributed by atoms with van der Waals surface area (Å²) in [5, 5.41) is 18.4. The molecule has 0 saturated carbocycles. The molecule has 1 saturated heterocycles. The van der Waals surface area contributed by atoms with Crippen molar-refractivity contribution in [1.29, 1.82) is 0 Å². The molecule has 5 rings (SSSR count). The second kappa shape index (κ2) is 13.2. The highest BCUT2D eigenvalue weighted by molar-refractivity contribution is 8.00. The van der Waals surface area contributed by atoms with Crippen LogP contribution in [0.1, 0.15) is 26.0 Å². The number of β-lactam (4-membered cyclic amide) rings is 1. The Hall–Kier alpha value is -3.99. The van der Waals surface area contributed by atoms with Gasteiger partial charge in [0, 0.05) is 36.2 Å². The van der Waals surface area contributed by atoms with Crippen LogP contribution in [0, 0.1) is 0 Å². The number of nitrogens with two attached hydrogens (primary N) is 1. The van der Waals surface area contributed by atoms with Gasteiger partial charge in [0.25, 0.3) is 11.8 Å². The van der Waals surface area contributed by atoms with Crippen molar-refractivity contribution in [2.24, 2.45) is 5.16 Å². The Morgan fingerprint density at radius 2 is 2.16 bits per heavy atom. The Morgan fingerprint density at radius 3 is 2.82 bits per heavy atom. The number of nitrogens with one attached hydrogen (secondary N) is 2. The molecule has 2 aliphatic rings. The van der Waals surface area contributed by atoms with E-state index in [1.807, 2.05) is 31.6 Å². The zero-order valence-electron chi connectivity index (χ0n) is 24.7. The summed E-state index contributed by atoms with van der Waals surface area (Å²) in [4.78, 5) is 61.2. The van der Waals surface area contributed by atoms with Crippen molar-refractivity contribution in [3.63, 3.8) is 0 Å². The number of aromatic nitrogens is 3. The number of nitrogen functional groups attached to an aromatic ring is 1. The van der Waals surface area contributed by atoms with E-state index in [1.54, 1.807) is 0 Å². The Labute approximate surface area is 271 Å². The Morgan fingerprint density at radius 1 is 1.38 bits per heavy atom. The maximum Gasteiger partial charge on any atom is 0.350 e. The molecule has 0 aliphatic carbocycles. The standard InChI is InChI=1S/C28H31ClN8O6S2/c1-28(2,26(41)42)43-34-20(19-22(29)45-27(30)33-19)23(39)32-21-24(40)37-18(13-38)15(14-44-25(21)37)12-36-9-4-6-16-17(36)7-11-35(16)10-5-8-31-3/h4,6-7,9,11,13,21,25,31H,5,8,10,12,14H2,1-3H3,(H3-,30,32,33,39,41,42)/p+1/b34-20-. The Balaban J connectivity index is 1.35. The van der Waals surface area contributed by atoms with Crippen LogP contribution in [-0.4, -0.2) is 85.7 Å². The number of hydrogen-bond acceptors (Lipinski definition) is 11. The number of rotatable bonds is 13. The number of fused-ring (bicyclic) bond motifs is 2. The van der Waals surface area contributed by atoms with Crippen LogP contribution >= 0.6 is 34.7 Å². The van der Waals surface area contributed by atoms with E-state index in [2.05, 4.69) is 36.0 Å². The van der Waals surface area contributed by atoms with E-state index in [4.69, 9.17) is 22.2 Å². The number of carboxylic acid groups (broad SMARTS) is 1. The van der Waals surface area contributed by atoms with Gasteiger partial charge >= 0.3 is 5.97 Å². The van der Waals surface area contributed by atoms with Crippen LogP contribution in [0.5, 0.6) is 0 Å². The number of halogens is 1. The minimum absolute atomic E-state index is 0.0309. The van der Waals surface area contributed by atoms with E-state index in [0.29, 0.717) is 18.6 Å². The molecule has 2 aliphatic heterocycles. The molecule has 3 aromatic heterocycles. The van der Waals surface area contributed by atoms with Crippen molar-refractivity contribution in [2.45, 2.75) is 50.4 Å². The monoisotopic (exact) mass is 675 g/mol. The van der Waals surface area contributed by atoms with Gasteiger partial charge < -0.3 is 30.9 Å². The highest BCUT2D eigenvalue weighted by Gasteiger charge is 2.53. The summed E-state index contributed by atoms with van der Waals surface area (Å²) in [5.74, 6) is -2.22.